The van der Waals surface area contributed by atoms with Crippen LogP contribution in [0.3, 0.4) is 0 Å². The Labute approximate surface area is 128 Å². The van der Waals surface area contributed by atoms with Crippen molar-refractivity contribution in [1.82, 2.24) is 0 Å². The fourth-order valence-corrected chi connectivity index (χ4v) is 5.10. The minimum Gasteiger partial charge on any atom is -0.393 e. The molecule has 20 heavy (non-hydrogen) atoms. The van der Waals surface area contributed by atoms with Gasteiger partial charge in [-0.25, -0.2) is 0 Å². The van der Waals surface area contributed by atoms with Crippen LogP contribution < -0.4 is 0 Å². The third kappa shape index (κ3) is 1.71. The van der Waals surface area contributed by atoms with Crippen LogP contribution >= 0.6 is 15.9 Å². The number of benzene rings is 2. The Morgan fingerprint density at radius 3 is 2.80 bits per heavy atom. The van der Waals surface area contributed by atoms with Crippen molar-refractivity contribution in [3.63, 3.8) is 0 Å². The molecular formula is C18H19BrO. The number of fused-ring (bicyclic) bond motifs is 5. The molecule has 1 saturated carbocycles. The van der Waals surface area contributed by atoms with Gasteiger partial charge >= 0.3 is 0 Å². The molecule has 4 rings (SSSR count). The van der Waals surface area contributed by atoms with Crippen molar-refractivity contribution in [3.8, 4) is 0 Å². The molecule has 2 aliphatic carbocycles. The lowest BCUT2D eigenvalue weighted by atomic mass is 9.66. The molecule has 0 aliphatic heterocycles. The average Bonchev–Trinajstić information content (AvgIpc) is 2.74. The van der Waals surface area contributed by atoms with Crippen LogP contribution in [-0.4, -0.2) is 11.2 Å². The third-order valence-corrected chi connectivity index (χ3v) is 6.17. The SMILES string of the molecule is C[C@]12CCc3c(cc(Br)c4ccccc34)[C@@H]1C[C@@H](O)C2. The Balaban J connectivity index is 1.98. The maximum Gasteiger partial charge on any atom is 0.0551 e. The highest BCUT2D eigenvalue weighted by Crippen LogP contribution is 2.56. The first-order valence-electron chi connectivity index (χ1n) is 7.46. The van der Waals surface area contributed by atoms with Crippen LogP contribution in [-0.2, 0) is 6.42 Å². The third-order valence-electron chi connectivity index (χ3n) is 5.51. The van der Waals surface area contributed by atoms with E-state index < -0.39 is 0 Å². The zero-order valence-electron chi connectivity index (χ0n) is 11.7. The summed E-state index contributed by atoms with van der Waals surface area (Å²) in [5.74, 6) is 0.516. The van der Waals surface area contributed by atoms with Crippen molar-refractivity contribution in [2.45, 2.75) is 44.6 Å². The first kappa shape index (κ1) is 12.8. The molecule has 1 N–H and O–H groups in total. The van der Waals surface area contributed by atoms with Crippen LogP contribution in [0.2, 0.25) is 0 Å². The standard InChI is InChI=1S/C18H19BrO/c1-18-7-6-13-12-4-2-3-5-14(12)17(19)9-15(13)16(18)8-11(20)10-18/h2-5,9,11,16,20H,6-8,10H2,1H3/t11-,16+,18-/m1/s1. The first-order valence-corrected chi connectivity index (χ1v) is 8.26. The summed E-state index contributed by atoms with van der Waals surface area (Å²) in [7, 11) is 0. The molecule has 2 aromatic rings. The number of rotatable bonds is 0. The van der Waals surface area contributed by atoms with Gasteiger partial charge < -0.3 is 5.11 Å². The zero-order chi connectivity index (χ0) is 13.9. The summed E-state index contributed by atoms with van der Waals surface area (Å²) in [5.41, 5.74) is 3.27. The molecule has 2 heteroatoms. The van der Waals surface area contributed by atoms with E-state index in [-0.39, 0.29) is 11.5 Å². The van der Waals surface area contributed by atoms with Crippen molar-refractivity contribution in [1.29, 1.82) is 0 Å². The monoisotopic (exact) mass is 330 g/mol. The van der Waals surface area contributed by atoms with Crippen molar-refractivity contribution in [2.75, 3.05) is 0 Å². The number of aliphatic hydroxyl groups excluding tert-OH is 1. The van der Waals surface area contributed by atoms with Gasteiger partial charge in [-0.05, 0) is 65.0 Å². The normalized spacial score (nSPS) is 32.1. The molecule has 0 bridgehead atoms. The van der Waals surface area contributed by atoms with E-state index >= 15 is 0 Å². The van der Waals surface area contributed by atoms with Gasteiger partial charge in [-0.2, -0.15) is 0 Å². The molecular weight excluding hydrogens is 312 g/mol. The Morgan fingerprint density at radius 1 is 1.25 bits per heavy atom. The van der Waals surface area contributed by atoms with E-state index in [4.69, 9.17) is 0 Å². The number of hydrogen-bond acceptors (Lipinski definition) is 1. The number of aliphatic hydroxyl groups is 1. The van der Waals surface area contributed by atoms with Crippen molar-refractivity contribution in [2.24, 2.45) is 5.41 Å². The number of hydrogen-bond donors (Lipinski definition) is 1. The number of halogens is 1. The maximum absolute atomic E-state index is 10.1. The highest BCUT2D eigenvalue weighted by Gasteiger charge is 2.47. The minimum atomic E-state index is -0.124. The first-order chi connectivity index (χ1) is 9.58. The van der Waals surface area contributed by atoms with E-state index in [9.17, 15) is 5.11 Å². The van der Waals surface area contributed by atoms with E-state index in [0.717, 1.165) is 19.3 Å². The lowest BCUT2D eigenvalue weighted by molar-refractivity contribution is 0.159. The molecule has 0 saturated heterocycles. The predicted molar refractivity (Wildman–Crippen MR) is 86.1 cm³/mol. The van der Waals surface area contributed by atoms with Crippen LogP contribution in [0.5, 0.6) is 0 Å². The van der Waals surface area contributed by atoms with Crippen LogP contribution in [0.1, 0.15) is 43.2 Å². The molecule has 104 valence electrons. The van der Waals surface area contributed by atoms with Gasteiger partial charge in [0.15, 0.2) is 0 Å². The van der Waals surface area contributed by atoms with Gasteiger partial charge in [0, 0.05) is 4.47 Å². The molecule has 0 aromatic heterocycles. The molecule has 2 aliphatic rings. The van der Waals surface area contributed by atoms with Crippen LogP contribution in [0.4, 0.5) is 0 Å². The lowest BCUT2D eigenvalue weighted by Crippen LogP contribution is -2.26. The minimum absolute atomic E-state index is 0.124. The van der Waals surface area contributed by atoms with E-state index in [1.54, 1.807) is 0 Å². The zero-order valence-corrected chi connectivity index (χ0v) is 13.3. The van der Waals surface area contributed by atoms with E-state index in [1.165, 1.54) is 32.8 Å². The summed E-state index contributed by atoms with van der Waals surface area (Å²) in [6, 6.07) is 11.0. The summed E-state index contributed by atoms with van der Waals surface area (Å²) in [6.45, 7) is 2.36. The lowest BCUT2D eigenvalue weighted by Gasteiger charge is -2.38. The largest absolute Gasteiger partial charge is 0.393 e. The van der Waals surface area contributed by atoms with Gasteiger partial charge in [-0.1, -0.05) is 47.1 Å². The predicted octanol–water partition coefficient (Wildman–Crippen LogP) is 4.79. The molecule has 0 radical (unpaired) electrons. The molecule has 1 fully saturated rings. The van der Waals surface area contributed by atoms with Gasteiger partial charge in [0.05, 0.1) is 6.10 Å². The average molecular weight is 331 g/mol. The van der Waals surface area contributed by atoms with Crippen LogP contribution in [0.15, 0.2) is 34.8 Å². The quantitative estimate of drug-likeness (QED) is 0.736. The van der Waals surface area contributed by atoms with Gasteiger partial charge in [-0.3, -0.25) is 0 Å². The summed E-state index contributed by atoms with van der Waals surface area (Å²) >= 11 is 3.74. The summed E-state index contributed by atoms with van der Waals surface area (Å²) in [5, 5.41) is 12.8. The highest BCUT2D eigenvalue weighted by atomic mass is 79.9. The fourth-order valence-electron chi connectivity index (χ4n) is 4.51. The van der Waals surface area contributed by atoms with Gasteiger partial charge in [-0.15, -0.1) is 0 Å². The highest BCUT2D eigenvalue weighted by molar-refractivity contribution is 9.10. The van der Waals surface area contributed by atoms with Gasteiger partial charge in [0.2, 0.25) is 0 Å². The fraction of sp³-hybridized carbons (Fsp3) is 0.444. The Kier molecular flexibility index (Phi) is 2.77. The molecule has 0 amide bonds. The van der Waals surface area contributed by atoms with Crippen molar-refractivity contribution >= 4 is 26.7 Å². The van der Waals surface area contributed by atoms with Crippen LogP contribution in [0.25, 0.3) is 10.8 Å². The summed E-state index contributed by atoms with van der Waals surface area (Å²) < 4.78 is 1.19. The van der Waals surface area contributed by atoms with Crippen LogP contribution in [0, 0.1) is 5.41 Å². The van der Waals surface area contributed by atoms with E-state index in [1.807, 2.05) is 0 Å². The summed E-state index contributed by atoms with van der Waals surface area (Å²) in [6.07, 6.45) is 4.10. The smallest absolute Gasteiger partial charge is 0.0551 e. The Hall–Kier alpha value is -0.860. The number of aryl methyl sites for hydroxylation is 1. The molecule has 0 spiro atoms. The second kappa shape index (κ2) is 4.32. The molecule has 0 heterocycles. The topological polar surface area (TPSA) is 20.2 Å². The maximum atomic E-state index is 10.1. The van der Waals surface area contributed by atoms with Gasteiger partial charge in [0.1, 0.15) is 0 Å². The second-order valence-corrected chi connectivity index (χ2v) is 7.63. The molecule has 3 atom stereocenters. The molecule has 2 aromatic carbocycles. The van der Waals surface area contributed by atoms with E-state index in [0.29, 0.717) is 5.92 Å². The second-order valence-electron chi connectivity index (χ2n) is 6.77. The Bertz CT molecular complexity index is 693. The molecule has 0 unspecified atom stereocenters. The van der Waals surface area contributed by atoms with E-state index in [2.05, 4.69) is 53.2 Å². The van der Waals surface area contributed by atoms with Crippen molar-refractivity contribution < 1.29 is 5.11 Å². The summed E-state index contributed by atoms with van der Waals surface area (Å²) in [4.78, 5) is 0. The Morgan fingerprint density at radius 2 is 2.00 bits per heavy atom. The van der Waals surface area contributed by atoms with Crippen molar-refractivity contribution in [3.05, 3.63) is 45.9 Å². The molecule has 1 nitrogen and oxygen atoms in total. The van der Waals surface area contributed by atoms with Gasteiger partial charge in [0.25, 0.3) is 0 Å².